The van der Waals surface area contributed by atoms with Gasteiger partial charge in [0.2, 0.25) is 0 Å². The predicted octanol–water partition coefficient (Wildman–Crippen LogP) is 1.83. The number of hydrogen-bond donors (Lipinski definition) is 1. The zero-order chi connectivity index (χ0) is 10.4. The number of alkyl halides is 2. The van der Waals surface area contributed by atoms with Crippen molar-refractivity contribution < 1.29 is 13.5 Å². The summed E-state index contributed by atoms with van der Waals surface area (Å²) in [6.45, 7) is -0.0867. The Morgan fingerprint density at radius 3 is 2.64 bits per heavy atom. The predicted molar refractivity (Wildman–Crippen MR) is 50.7 cm³/mol. The van der Waals surface area contributed by atoms with E-state index in [1.54, 1.807) is 12.1 Å². The van der Waals surface area contributed by atoms with E-state index in [1.807, 2.05) is 12.1 Å². The van der Waals surface area contributed by atoms with Crippen molar-refractivity contribution in [2.45, 2.75) is 12.8 Å². The highest BCUT2D eigenvalue weighted by molar-refractivity contribution is 5.33. The van der Waals surface area contributed by atoms with Gasteiger partial charge in [-0.2, -0.15) is 0 Å². The Labute approximate surface area is 81.7 Å². The van der Waals surface area contributed by atoms with E-state index in [2.05, 4.69) is 0 Å². The maximum atomic E-state index is 11.9. The average molecular weight is 201 g/mol. The molecule has 0 aromatic heterocycles. The fourth-order valence-corrected chi connectivity index (χ4v) is 1.16. The summed E-state index contributed by atoms with van der Waals surface area (Å²) in [5, 5.41) is 0. The van der Waals surface area contributed by atoms with E-state index < -0.39 is 13.0 Å². The van der Waals surface area contributed by atoms with Crippen LogP contribution in [0.5, 0.6) is 5.75 Å². The van der Waals surface area contributed by atoms with Crippen LogP contribution in [0.15, 0.2) is 24.3 Å². The summed E-state index contributed by atoms with van der Waals surface area (Å²) in [5.41, 5.74) is 6.25. The van der Waals surface area contributed by atoms with E-state index in [1.165, 1.54) is 0 Å². The lowest BCUT2D eigenvalue weighted by atomic mass is 10.1. The molecule has 0 unspecified atom stereocenters. The molecule has 14 heavy (non-hydrogen) atoms. The second-order valence-corrected chi connectivity index (χ2v) is 2.85. The minimum Gasteiger partial charge on any atom is -0.487 e. The van der Waals surface area contributed by atoms with Gasteiger partial charge in [-0.05, 0) is 24.6 Å². The molecule has 1 rings (SSSR count). The SMILES string of the molecule is NCCc1ccccc1OCC(F)F. The van der Waals surface area contributed by atoms with Crippen LogP contribution in [0.25, 0.3) is 0 Å². The highest BCUT2D eigenvalue weighted by Gasteiger charge is 2.06. The first kappa shape index (κ1) is 10.9. The van der Waals surface area contributed by atoms with Crippen molar-refractivity contribution >= 4 is 0 Å². The Morgan fingerprint density at radius 2 is 2.00 bits per heavy atom. The van der Waals surface area contributed by atoms with Crippen molar-refractivity contribution in [1.29, 1.82) is 0 Å². The third kappa shape index (κ3) is 3.30. The van der Waals surface area contributed by atoms with Gasteiger partial charge in [0.25, 0.3) is 6.43 Å². The molecule has 0 radical (unpaired) electrons. The Hall–Kier alpha value is -1.16. The molecule has 78 valence electrons. The normalized spacial score (nSPS) is 10.6. The lowest BCUT2D eigenvalue weighted by molar-refractivity contribution is 0.0814. The largest absolute Gasteiger partial charge is 0.487 e. The monoisotopic (exact) mass is 201 g/mol. The van der Waals surface area contributed by atoms with Crippen molar-refractivity contribution in [1.82, 2.24) is 0 Å². The van der Waals surface area contributed by atoms with Crippen molar-refractivity contribution in [3.8, 4) is 5.75 Å². The smallest absolute Gasteiger partial charge is 0.272 e. The van der Waals surface area contributed by atoms with Gasteiger partial charge in [0.15, 0.2) is 0 Å². The molecule has 0 fully saturated rings. The van der Waals surface area contributed by atoms with Crippen LogP contribution in [0.4, 0.5) is 8.78 Å². The zero-order valence-electron chi connectivity index (χ0n) is 7.75. The van der Waals surface area contributed by atoms with Crippen molar-refractivity contribution in [3.63, 3.8) is 0 Å². The summed E-state index contributed by atoms with van der Waals surface area (Å²) in [7, 11) is 0. The number of rotatable bonds is 5. The quantitative estimate of drug-likeness (QED) is 0.788. The molecule has 0 aliphatic heterocycles. The van der Waals surface area contributed by atoms with Crippen molar-refractivity contribution in [3.05, 3.63) is 29.8 Å². The number of halogens is 2. The van der Waals surface area contributed by atoms with Crippen LogP contribution in [-0.2, 0) is 6.42 Å². The lowest BCUT2D eigenvalue weighted by Crippen LogP contribution is -2.10. The summed E-state index contributed by atoms with van der Waals surface area (Å²) in [6, 6.07) is 7.09. The second-order valence-electron chi connectivity index (χ2n) is 2.85. The van der Waals surface area contributed by atoms with E-state index in [9.17, 15) is 8.78 Å². The molecule has 0 spiro atoms. The van der Waals surface area contributed by atoms with Gasteiger partial charge in [0.1, 0.15) is 12.4 Å². The number of para-hydroxylation sites is 1. The van der Waals surface area contributed by atoms with Gasteiger partial charge in [-0.3, -0.25) is 0 Å². The molecule has 4 heteroatoms. The molecule has 0 aliphatic carbocycles. The summed E-state index contributed by atoms with van der Waals surface area (Å²) < 4.78 is 28.7. The van der Waals surface area contributed by atoms with E-state index in [0.717, 1.165) is 5.56 Å². The lowest BCUT2D eigenvalue weighted by Gasteiger charge is -2.09. The van der Waals surface area contributed by atoms with Crippen LogP contribution in [0.1, 0.15) is 5.56 Å². The van der Waals surface area contributed by atoms with Crippen LogP contribution >= 0.6 is 0 Å². The molecule has 2 N–H and O–H groups in total. The molecule has 0 saturated heterocycles. The average Bonchev–Trinajstić information content (AvgIpc) is 2.17. The summed E-state index contributed by atoms with van der Waals surface area (Å²) >= 11 is 0. The van der Waals surface area contributed by atoms with Gasteiger partial charge >= 0.3 is 0 Å². The summed E-state index contributed by atoms with van der Waals surface area (Å²) in [5.74, 6) is 0.498. The van der Waals surface area contributed by atoms with Gasteiger partial charge in [-0.25, -0.2) is 8.78 Å². The number of benzene rings is 1. The minimum absolute atomic E-state index is 0.481. The van der Waals surface area contributed by atoms with Gasteiger partial charge in [0.05, 0.1) is 0 Å². The number of nitrogens with two attached hydrogens (primary N) is 1. The zero-order valence-corrected chi connectivity index (χ0v) is 7.75. The molecule has 2 nitrogen and oxygen atoms in total. The van der Waals surface area contributed by atoms with Crippen LogP contribution in [0.2, 0.25) is 0 Å². The molecular formula is C10H13F2NO. The van der Waals surface area contributed by atoms with E-state index in [-0.39, 0.29) is 0 Å². The fourth-order valence-electron chi connectivity index (χ4n) is 1.16. The number of hydrogen-bond acceptors (Lipinski definition) is 2. The van der Waals surface area contributed by atoms with E-state index >= 15 is 0 Å². The van der Waals surface area contributed by atoms with E-state index in [0.29, 0.717) is 18.7 Å². The first-order valence-electron chi connectivity index (χ1n) is 4.43. The highest BCUT2D eigenvalue weighted by Crippen LogP contribution is 2.18. The Morgan fingerprint density at radius 1 is 1.29 bits per heavy atom. The molecule has 1 aromatic rings. The third-order valence-corrected chi connectivity index (χ3v) is 1.75. The van der Waals surface area contributed by atoms with Crippen molar-refractivity contribution in [2.24, 2.45) is 5.73 Å². The molecule has 0 aliphatic rings. The first-order chi connectivity index (χ1) is 6.74. The van der Waals surface area contributed by atoms with Crippen LogP contribution < -0.4 is 10.5 Å². The second kappa shape index (κ2) is 5.54. The fraction of sp³-hybridized carbons (Fsp3) is 0.400. The maximum absolute atomic E-state index is 11.9. The molecule has 0 saturated carbocycles. The molecule has 0 heterocycles. The molecular weight excluding hydrogens is 188 g/mol. The van der Waals surface area contributed by atoms with Crippen LogP contribution in [0.3, 0.4) is 0 Å². The van der Waals surface area contributed by atoms with Crippen molar-refractivity contribution in [2.75, 3.05) is 13.2 Å². The Bertz CT molecular complexity index is 279. The van der Waals surface area contributed by atoms with Gasteiger partial charge < -0.3 is 10.5 Å². The van der Waals surface area contributed by atoms with E-state index in [4.69, 9.17) is 10.5 Å². The summed E-state index contributed by atoms with van der Waals surface area (Å²) in [6.07, 6.45) is -1.81. The molecule has 0 atom stereocenters. The van der Waals surface area contributed by atoms with Gasteiger partial charge in [-0.1, -0.05) is 18.2 Å². The standard InChI is InChI=1S/C10H13F2NO/c11-10(12)7-14-9-4-2-1-3-8(9)5-6-13/h1-4,10H,5-7,13H2. The minimum atomic E-state index is -2.44. The third-order valence-electron chi connectivity index (χ3n) is 1.75. The Kier molecular flexibility index (Phi) is 4.32. The van der Waals surface area contributed by atoms with Crippen LogP contribution in [0, 0.1) is 0 Å². The highest BCUT2D eigenvalue weighted by atomic mass is 19.3. The van der Waals surface area contributed by atoms with Crippen LogP contribution in [-0.4, -0.2) is 19.6 Å². The summed E-state index contributed by atoms with van der Waals surface area (Å²) in [4.78, 5) is 0. The molecule has 0 bridgehead atoms. The van der Waals surface area contributed by atoms with Gasteiger partial charge in [0, 0.05) is 0 Å². The number of ether oxygens (including phenoxy) is 1. The molecule has 0 amide bonds. The maximum Gasteiger partial charge on any atom is 0.272 e. The molecule has 1 aromatic carbocycles. The topological polar surface area (TPSA) is 35.2 Å². The first-order valence-corrected chi connectivity index (χ1v) is 4.43. The Balaban J connectivity index is 2.64. The van der Waals surface area contributed by atoms with Gasteiger partial charge in [-0.15, -0.1) is 0 Å².